The van der Waals surface area contributed by atoms with Gasteiger partial charge in [0.1, 0.15) is 5.82 Å². The highest BCUT2D eigenvalue weighted by atomic mass is 16.7. The Labute approximate surface area is 84.3 Å². The number of ether oxygens (including phenoxy) is 2. The third-order valence-electron chi connectivity index (χ3n) is 1.49. The van der Waals surface area contributed by atoms with Crippen LogP contribution in [0.3, 0.4) is 0 Å². The maximum atomic E-state index is 5.64. The molecule has 0 radical (unpaired) electrons. The van der Waals surface area contributed by atoms with Crippen molar-refractivity contribution in [1.29, 1.82) is 0 Å². The van der Waals surface area contributed by atoms with E-state index in [9.17, 15) is 0 Å². The summed E-state index contributed by atoms with van der Waals surface area (Å²) in [5.41, 5.74) is 6.08. The summed E-state index contributed by atoms with van der Waals surface area (Å²) in [6.07, 6.45) is 2.59. The molecule has 0 spiro atoms. The molecule has 3 N–H and O–H groups in total. The van der Waals surface area contributed by atoms with Gasteiger partial charge in [-0.15, -0.1) is 0 Å². The van der Waals surface area contributed by atoms with Crippen LogP contribution in [-0.2, 0) is 9.47 Å². The first-order valence-electron chi connectivity index (χ1n) is 4.07. The first-order chi connectivity index (χ1) is 6.65. The van der Waals surface area contributed by atoms with Crippen molar-refractivity contribution in [2.24, 2.45) is 10.7 Å². The zero-order valence-electron chi connectivity index (χ0n) is 8.78. The van der Waals surface area contributed by atoms with E-state index in [1.54, 1.807) is 13.1 Å². The number of nitrogens with zero attached hydrogens (tertiary/aromatic N) is 1. The van der Waals surface area contributed by atoms with Crippen LogP contribution in [-0.4, -0.2) is 33.8 Å². The third-order valence-corrected chi connectivity index (χ3v) is 1.49. The molecule has 0 aliphatic carbocycles. The maximum absolute atomic E-state index is 5.64. The minimum absolute atomic E-state index is 0.447. The molecule has 0 rings (SSSR count). The second kappa shape index (κ2) is 7.11. The van der Waals surface area contributed by atoms with Crippen LogP contribution < -0.4 is 11.1 Å². The van der Waals surface area contributed by atoms with Crippen LogP contribution in [0.2, 0.25) is 0 Å². The number of methoxy groups -OCH3 is 2. The molecule has 5 nitrogen and oxygen atoms in total. The Bertz CT molecular complexity index is 232. The summed E-state index contributed by atoms with van der Waals surface area (Å²) >= 11 is 0. The molecule has 0 aliphatic rings. The van der Waals surface area contributed by atoms with Crippen LogP contribution >= 0.6 is 0 Å². The van der Waals surface area contributed by atoms with Gasteiger partial charge in [-0.2, -0.15) is 0 Å². The lowest BCUT2D eigenvalue weighted by molar-refractivity contribution is -0.0755. The number of hydrogen-bond donors (Lipinski definition) is 2. The summed E-state index contributed by atoms with van der Waals surface area (Å²) in [6.45, 7) is 3.61. The molecule has 0 fully saturated rings. The van der Waals surface area contributed by atoms with E-state index in [-0.39, 0.29) is 0 Å². The average molecular weight is 199 g/mol. The quantitative estimate of drug-likeness (QED) is 0.474. The molecule has 0 amide bonds. The van der Waals surface area contributed by atoms with E-state index < -0.39 is 6.29 Å². The van der Waals surface area contributed by atoms with Crippen LogP contribution in [0.4, 0.5) is 0 Å². The Kier molecular flexibility index (Phi) is 6.43. The van der Waals surface area contributed by atoms with E-state index >= 15 is 0 Å². The summed E-state index contributed by atoms with van der Waals surface area (Å²) < 4.78 is 9.86. The molecule has 0 saturated carbocycles. The highest BCUT2D eigenvalue weighted by molar-refractivity contribution is 5.73. The molecule has 0 aliphatic heterocycles. The van der Waals surface area contributed by atoms with Gasteiger partial charge in [-0.3, -0.25) is 0 Å². The molecule has 0 atom stereocenters. The molecule has 0 unspecified atom stereocenters. The van der Waals surface area contributed by atoms with Gasteiger partial charge in [0.25, 0.3) is 0 Å². The number of rotatable bonds is 6. The van der Waals surface area contributed by atoms with Crippen molar-refractivity contribution >= 4 is 6.21 Å². The lowest BCUT2D eigenvalue weighted by Gasteiger charge is -2.12. The van der Waals surface area contributed by atoms with Gasteiger partial charge in [-0.05, 0) is 6.08 Å². The average Bonchev–Trinajstić information content (AvgIpc) is 2.19. The molecule has 0 saturated heterocycles. The Morgan fingerprint density at radius 3 is 2.50 bits per heavy atom. The molecule has 0 bridgehead atoms. The Hall–Kier alpha value is -1.33. The molecule has 14 heavy (non-hydrogen) atoms. The van der Waals surface area contributed by atoms with Crippen molar-refractivity contribution in [1.82, 2.24) is 5.32 Å². The molecule has 0 aromatic heterocycles. The van der Waals surface area contributed by atoms with Gasteiger partial charge in [-0.1, -0.05) is 6.58 Å². The molecule has 5 heteroatoms. The van der Waals surface area contributed by atoms with Crippen LogP contribution in [0.15, 0.2) is 29.2 Å². The lowest BCUT2D eigenvalue weighted by Crippen LogP contribution is -2.22. The minimum Gasteiger partial charge on any atom is -0.398 e. The lowest BCUT2D eigenvalue weighted by atomic mass is 10.4. The van der Waals surface area contributed by atoms with Gasteiger partial charge in [0, 0.05) is 27.5 Å². The maximum Gasteiger partial charge on any atom is 0.197 e. The van der Waals surface area contributed by atoms with Gasteiger partial charge in [-0.25, -0.2) is 4.99 Å². The summed E-state index contributed by atoms with van der Waals surface area (Å²) in [5.74, 6) is 0.556. The fourth-order valence-electron chi connectivity index (χ4n) is 0.725. The molecular weight excluding hydrogens is 182 g/mol. The molecule has 0 aromatic carbocycles. The van der Waals surface area contributed by atoms with E-state index in [0.29, 0.717) is 11.5 Å². The molecular formula is C9H17N3O2. The fraction of sp³-hybridized carbons (Fsp3) is 0.444. The smallest absolute Gasteiger partial charge is 0.197 e. The number of nitrogens with two attached hydrogens (primary N) is 1. The predicted octanol–water partition coefficient (Wildman–Crippen LogP) is 0.209. The minimum atomic E-state index is -0.538. The second-order valence-electron chi connectivity index (χ2n) is 2.44. The van der Waals surface area contributed by atoms with Gasteiger partial charge in [0.2, 0.25) is 0 Å². The van der Waals surface area contributed by atoms with Crippen LogP contribution in [0.5, 0.6) is 0 Å². The van der Waals surface area contributed by atoms with Gasteiger partial charge in [0.05, 0.1) is 5.70 Å². The zero-order chi connectivity index (χ0) is 11.0. The third kappa shape index (κ3) is 4.64. The van der Waals surface area contributed by atoms with Gasteiger partial charge < -0.3 is 20.5 Å². The van der Waals surface area contributed by atoms with Crippen molar-refractivity contribution in [2.45, 2.75) is 6.29 Å². The number of hydrogen-bond acceptors (Lipinski definition) is 5. The zero-order valence-corrected chi connectivity index (χ0v) is 8.78. The Morgan fingerprint density at radius 1 is 1.50 bits per heavy atom. The Balaban J connectivity index is 4.23. The largest absolute Gasteiger partial charge is 0.398 e. The number of allylic oxidation sites excluding steroid dienone is 1. The van der Waals surface area contributed by atoms with Gasteiger partial charge >= 0.3 is 0 Å². The van der Waals surface area contributed by atoms with E-state index in [1.807, 2.05) is 0 Å². The van der Waals surface area contributed by atoms with Crippen LogP contribution in [0.25, 0.3) is 0 Å². The molecule has 0 heterocycles. The van der Waals surface area contributed by atoms with Crippen molar-refractivity contribution in [3.8, 4) is 0 Å². The second-order valence-corrected chi connectivity index (χ2v) is 2.44. The van der Waals surface area contributed by atoms with Crippen LogP contribution in [0.1, 0.15) is 0 Å². The first kappa shape index (κ1) is 12.7. The fourth-order valence-corrected chi connectivity index (χ4v) is 0.725. The van der Waals surface area contributed by atoms with Gasteiger partial charge in [0.15, 0.2) is 6.29 Å². The number of nitrogens with one attached hydrogen (secondary N) is 1. The summed E-state index contributed by atoms with van der Waals surface area (Å²) in [7, 11) is 4.76. The van der Waals surface area contributed by atoms with Crippen molar-refractivity contribution in [2.75, 3.05) is 21.3 Å². The predicted molar refractivity (Wildman–Crippen MR) is 56.8 cm³/mol. The summed E-state index contributed by atoms with van der Waals surface area (Å²) in [4.78, 5) is 3.94. The summed E-state index contributed by atoms with van der Waals surface area (Å²) in [5, 5.41) is 2.77. The topological polar surface area (TPSA) is 68.9 Å². The molecule has 0 aromatic rings. The van der Waals surface area contributed by atoms with E-state index in [1.165, 1.54) is 20.4 Å². The standard InChI is InChI=1S/C9H17N3O2/c1-7(11-2)12-6-5-8(10)9(13-3)14-4/h5-6,9,11H,1,10H2,2-4H3/b8-5-,12-6?. The number of aliphatic imine (C=N–C) groups is 1. The highest BCUT2D eigenvalue weighted by Crippen LogP contribution is 1.98. The van der Waals surface area contributed by atoms with Crippen molar-refractivity contribution < 1.29 is 9.47 Å². The van der Waals surface area contributed by atoms with E-state index in [4.69, 9.17) is 15.2 Å². The summed E-state index contributed by atoms with van der Waals surface area (Å²) in [6, 6.07) is 0. The van der Waals surface area contributed by atoms with E-state index in [2.05, 4.69) is 16.9 Å². The van der Waals surface area contributed by atoms with Crippen molar-refractivity contribution in [3.05, 3.63) is 24.2 Å². The molecule has 80 valence electrons. The SMILES string of the molecule is C=C(N=C/C=C(\N)C(OC)OC)NC. The monoisotopic (exact) mass is 199 g/mol. The highest BCUT2D eigenvalue weighted by Gasteiger charge is 2.06. The van der Waals surface area contributed by atoms with Crippen LogP contribution in [0, 0.1) is 0 Å². The van der Waals surface area contributed by atoms with Crippen molar-refractivity contribution in [3.63, 3.8) is 0 Å². The normalized spacial score (nSPS) is 12.4. The Morgan fingerprint density at radius 2 is 2.07 bits per heavy atom. The first-order valence-corrected chi connectivity index (χ1v) is 4.07. The van der Waals surface area contributed by atoms with E-state index in [0.717, 1.165) is 0 Å².